The van der Waals surface area contributed by atoms with E-state index in [1.807, 2.05) is 25.4 Å². The molecule has 0 aliphatic heterocycles. The van der Waals surface area contributed by atoms with E-state index in [4.69, 9.17) is 0 Å². The molecule has 1 heterocycles. The Balaban J connectivity index is 1.79. The van der Waals surface area contributed by atoms with Crippen LogP contribution >= 0.6 is 0 Å². The van der Waals surface area contributed by atoms with Crippen molar-refractivity contribution >= 4 is 0 Å². The number of rotatable bonds is 4. The van der Waals surface area contributed by atoms with Crippen LogP contribution in [0.2, 0.25) is 0 Å². The van der Waals surface area contributed by atoms with Gasteiger partial charge in [0, 0.05) is 18.2 Å². The van der Waals surface area contributed by atoms with Crippen molar-refractivity contribution in [1.82, 2.24) is 14.9 Å². The number of phenols is 1. The third-order valence-electron chi connectivity index (χ3n) is 3.92. The second-order valence-corrected chi connectivity index (χ2v) is 5.58. The highest BCUT2D eigenvalue weighted by Crippen LogP contribution is 2.34. The fourth-order valence-electron chi connectivity index (χ4n) is 2.17. The van der Waals surface area contributed by atoms with E-state index in [2.05, 4.69) is 21.8 Å². The van der Waals surface area contributed by atoms with Gasteiger partial charge in [0.25, 0.3) is 0 Å². The van der Waals surface area contributed by atoms with Gasteiger partial charge in [0.1, 0.15) is 11.6 Å². The molecule has 0 amide bonds. The fraction of sp³-hybridized carbons (Fsp3) is 0.400. The van der Waals surface area contributed by atoms with Crippen LogP contribution in [0.3, 0.4) is 0 Å². The summed E-state index contributed by atoms with van der Waals surface area (Å²) in [5.74, 6) is 1.32. The third-order valence-corrected chi connectivity index (χ3v) is 3.92. The maximum absolute atomic E-state index is 9.33. The molecule has 1 aliphatic rings. The minimum Gasteiger partial charge on any atom is -0.508 e. The summed E-state index contributed by atoms with van der Waals surface area (Å²) in [5.41, 5.74) is 2.46. The fourth-order valence-corrected chi connectivity index (χ4v) is 2.17. The topological polar surface area (TPSA) is 50.1 Å². The van der Waals surface area contributed by atoms with Gasteiger partial charge in [-0.15, -0.1) is 0 Å². The van der Waals surface area contributed by atoms with Crippen LogP contribution in [0.4, 0.5) is 0 Å². The molecular formula is C15H19N3O. The van der Waals surface area contributed by atoms with Crippen molar-refractivity contribution in [3.05, 3.63) is 36.3 Å². The lowest BCUT2D eigenvalue weighted by atomic mass is 10.1. The normalized spacial score (nSPS) is 16.5. The number of phenolic OH excluding ortho intramolecular Hbond substituents is 1. The zero-order valence-corrected chi connectivity index (χ0v) is 11.3. The highest BCUT2D eigenvalue weighted by atomic mass is 16.3. The number of nitrogens with one attached hydrogen (secondary N) is 1. The van der Waals surface area contributed by atoms with Crippen molar-refractivity contribution in [1.29, 1.82) is 0 Å². The first kappa shape index (κ1) is 12.2. The zero-order chi connectivity index (χ0) is 13.5. The minimum atomic E-state index is 0.287. The Hall–Kier alpha value is -1.81. The Bertz CT molecular complexity index is 582. The summed E-state index contributed by atoms with van der Waals surface area (Å²) >= 11 is 0. The summed E-state index contributed by atoms with van der Waals surface area (Å²) in [7, 11) is 2.03. The van der Waals surface area contributed by atoms with Crippen LogP contribution in [-0.2, 0) is 13.6 Å². The summed E-state index contributed by atoms with van der Waals surface area (Å²) in [6.45, 7) is 3.04. The number of imidazole rings is 1. The van der Waals surface area contributed by atoms with Gasteiger partial charge in [0.15, 0.2) is 0 Å². The first-order valence-corrected chi connectivity index (χ1v) is 6.62. The van der Waals surface area contributed by atoms with Crippen LogP contribution in [0.5, 0.6) is 5.75 Å². The van der Waals surface area contributed by atoms with Crippen LogP contribution < -0.4 is 5.32 Å². The molecule has 2 N–H and O–H groups in total. The number of benzene rings is 1. The molecule has 1 aromatic heterocycles. The van der Waals surface area contributed by atoms with Gasteiger partial charge < -0.3 is 15.0 Å². The average molecular weight is 257 g/mol. The molecule has 4 heteroatoms. The molecule has 0 spiro atoms. The van der Waals surface area contributed by atoms with E-state index in [0.717, 1.165) is 23.6 Å². The van der Waals surface area contributed by atoms with Crippen LogP contribution in [-0.4, -0.2) is 20.2 Å². The first-order chi connectivity index (χ1) is 9.07. The number of hydrogen-bond acceptors (Lipinski definition) is 3. The monoisotopic (exact) mass is 257 g/mol. The van der Waals surface area contributed by atoms with Gasteiger partial charge >= 0.3 is 0 Å². The smallest absolute Gasteiger partial charge is 0.122 e. The standard InChI is InChI=1S/C15H19N3O/c1-15(7-8-15)17-10-14-16-9-13(18(14)2)11-3-5-12(19)6-4-11/h3-6,9,17,19H,7-8,10H2,1-2H3. The molecule has 19 heavy (non-hydrogen) atoms. The predicted molar refractivity (Wildman–Crippen MR) is 74.8 cm³/mol. The molecule has 4 nitrogen and oxygen atoms in total. The van der Waals surface area contributed by atoms with Gasteiger partial charge in [-0.3, -0.25) is 0 Å². The van der Waals surface area contributed by atoms with Crippen molar-refractivity contribution in [2.45, 2.75) is 31.8 Å². The molecule has 1 aromatic carbocycles. The molecule has 0 bridgehead atoms. The lowest BCUT2D eigenvalue weighted by Crippen LogP contribution is -2.28. The van der Waals surface area contributed by atoms with E-state index >= 15 is 0 Å². The zero-order valence-electron chi connectivity index (χ0n) is 11.3. The third kappa shape index (κ3) is 2.49. The van der Waals surface area contributed by atoms with Crippen molar-refractivity contribution < 1.29 is 5.11 Å². The second-order valence-electron chi connectivity index (χ2n) is 5.58. The Morgan fingerprint density at radius 2 is 2.00 bits per heavy atom. The van der Waals surface area contributed by atoms with Crippen LogP contribution in [0.25, 0.3) is 11.3 Å². The summed E-state index contributed by atoms with van der Waals surface area (Å²) in [5, 5.41) is 12.9. The van der Waals surface area contributed by atoms with Crippen molar-refractivity contribution in [2.75, 3.05) is 0 Å². The predicted octanol–water partition coefficient (Wildman–Crippen LogP) is 2.43. The Labute approximate surface area is 113 Å². The molecule has 100 valence electrons. The molecular weight excluding hydrogens is 238 g/mol. The molecule has 0 atom stereocenters. The van der Waals surface area contributed by atoms with E-state index in [-0.39, 0.29) is 5.75 Å². The molecule has 2 aromatic rings. The maximum atomic E-state index is 9.33. The van der Waals surface area contributed by atoms with E-state index in [0.29, 0.717) is 5.54 Å². The lowest BCUT2D eigenvalue weighted by molar-refractivity contribution is 0.475. The van der Waals surface area contributed by atoms with Crippen molar-refractivity contribution in [2.24, 2.45) is 7.05 Å². The molecule has 1 saturated carbocycles. The van der Waals surface area contributed by atoms with Crippen molar-refractivity contribution in [3.8, 4) is 17.0 Å². The SMILES string of the molecule is Cn1c(-c2ccc(O)cc2)cnc1CNC1(C)CC1. The highest BCUT2D eigenvalue weighted by molar-refractivity contribution is 5.60. The number of hydrogen-bond donors (Lipinski definition) is 2. The minimum absolute atomic E-state index is 0.287. The molecule has 1 fully saturated rings. The van der Waals surface area contributed by atoms with Crippen LogP contribution in [0, 0.1) is 0 Å². The molecule has 3 rings (SSSR count). The van der Waals surface area contributed by atoms with Gasteiger partial charge in [-0.1, -0.05) is 0 Å². The summed E-state index contributed by atoms with van der Waals surface area (Å²) in [6, 6.07) is 7.22. The van der Waals surface area contributed by atoms with Gasteiger partial charge in [-0.2, -0.15) is 0 Å². The Morgan fingerprint density at radius 3 is 2.63 bits per heavy atom. The number of aromatic nitrogens is 2. The van der Waals surface area contributed by atoms with E-state index in [9.17, 15) is 5.11 Å². The lowest BCUT2D eigenvalue weighted by Gasteiger charge is -2.11. The van der Waals surface area contributed by atoms with Crippen LogP contribution in [0.1, 0.15) is 25.6 Å². The second kappa shape index (κ2) is 4.38. The average Bonchev–Trinajstić information content (AvgIpc) is 3.02. The first-order valence-electron chi connectivity index (χ1n) is 6.62. The van der Waals surface area contributed by atoms with E-state index < -0.39 is 0 Å². The number of aromatic hydroxyl groups is 1. The summed E-state index contributed by atoms with van der Waals surface area (Å²) < 4.78 is 2.10. The van der Waals surface area contributed by atoms with Gasteiger partial charge in [-0.25, -0.2) is 4.98 Å². The van der Waals surface area contributed by atoms with Gasteiger partial charge in [-0.05, 0) is 44.0 Å². The molecule has 0 radical (unpaired) electrons. The Kier molecular flexibility index (Phi) is 2.82. The molecule has 1 aliphatic carbocycles. The van der Waals surface area contributed by atoms with E-state index in [1.165, 1.54) is 12.8 Å². The van der Waals surface area contributed by atoms with Gasteiger partial charge in [0.05, 0.1) is 18.4 Å². The van der Waals surface area contributed by atoms with Gasteiger partial charge in [0.2, 0.25) is 0 Å². The Morgan fingerprint density at radius 1 is 1.32 bits per heavy atom. The van der Waals surface area contributed by atoms with Crippen LogP contribution in [0.15, 0.2) is 30.5 Å². The summed E-state index contributed by atoms with van der Waals surface area (Å²) in [4.78, 5) is 4.48. The maximum Gasteiger partial charge on any atom is 0.122 e. The summed E-state index contributed by atoms with van der Waals surface area (Å²) in [6.07, 6.45) is 4.39. The van der Waals surface area contributed by atoms with Crippen molar-refractivity contribution in [3.63, 3.8) is 0 Å². The quantitative estimate of drug-likeness (QED) is 0.884. The van der Waals surface area contributed by atoms with E-state index in [1.54, 1.807) is 12.1 Å². The highest BCUT2D eigenvalue weighted by Gasteiger charge is 2.36. The molecule has 0 unspecified atom stereocenters. The largest absolute Gasteiger partial charge is 0.508 e. The molecule has 0 saturated heterocycles. The number of nitrogens with zero attached hydrogens (tertiary/aromatic N) is 2.